The highest BCUT2D eigenvalue weighted by Gasteiger charge is 2.13. The first-order valence-electron chi connectivity index (χ1n) is 6.37. The lowest BCUT2D eigenvalue weighted by atomic mass is 9.99. The van der Waals surface area contributed by atoms with E-state index in [1.54, 1.807) is 0 Å². The molecule has 0 atom stereocenters. The van der Waals surface area contributed by atoms with Crippen LogP contribution in [0.1, 0.15) is 17.5 Å². The van der Waals surface area contributed by atoms with E-state index in [0.717, 1.165) is 37.3 Å². The number of ether oxygens (including phenoxy) is 1. The molecule has 3 N–H and O–H groups in total. The van der Waals surface area contributed by atoms with Gasteiger partial charge in [-0.3, -0.25) is 5.10 Å². The van der Waals surface area contributed by atoms with E-state index in [-0.39, 0.29) is 0 Å². The number of hydrogen-bond acceptors (Lipinski definition) is 3. The van der Waals surface area contributed by atoms with Crippen LogP contribution in [0.3, 0.4) is 0 Å². The topological polar surface area (TPSA) is 63.9 Å². The Morgan fingerprint density at radius 1 is 1.39 bits per heavy atom. The summed E-state index contributed by atoms with van der Waals surface area (Å²) in [6, 6.07) is 6.33. The second kappa shape index (κ2) is 4.82. The van der Waals surface area contributed by atoms with Crippen LogP contribution in [-0.2, 0) is 12.8 Å². The van der Waals surface area contributed by atoms with Gasteiger partial charge in [0.1, 0.15) is 5.75 Å². The molecular weight excluding hydrogens is 226 g/mol. The van der Waals surface area contributed by atoms with Crippen LogP contribution >= 0.6 is 0 Å². The Morgan fingerprint density at radius 2 is 2.33 bits per heavy atom. The quantitative estimate of drug-likeness (QED) is 0.865. The third-order valence-electron chi connectivity index (χ3n) is 3.33. The Hall–Kier alpha value is -1.81. The SMILES string of the molecule is NCCc1cn[nH]c1-c1ccc2c(c1)CCCO2. The number of nitrogens with two attached hydrogens (primary N) is 1. The van der Waals surface area contributed by atoms with Gasteiger partial charge >= 0.3 is 0 Å². The van der Waals surface area contributed by atoms with Crippen LogP contribution in [-0.4, -0.2) is 23.3 Å². The minimum absolute atomic E-state index is 0.639. The lowest BCUT2D eigenvalue weighted by Gasteiger charge is -2.17. The molecule has 0 spiro atoms. The summed E-state index contributed by atoms with van der Waals surface area (Å²) in [5.74, 6) is 1.02. The lowest BCUT2D eigenvalue weighted by molar-refractivity contribution is 0.288. The molecule has 0 aliphatic carbocycles. The third kappa shape index (κ3) is 1.99. The molecule has 0 saturated heterocycles. The fourth-order valence-corrected chi connectivity index (χ4v) is 2.42. The van der Waals surface area contributed by atoms with Crippen LogP contribution in [0, 0.1) is 0 Å². The van der Waals surface area contributed by atoms with Crippen molar-refractivity contribution in [3.8, 4) is 17.0 Å². The smallest absolute Gasteiger partial charge is 0.122 e. The first-order valence-corrected chi connectivity index (χ1v) is 6.37. The zero-order valence-electron chi connectivity index (χ0n) is 10.3. The van der Waals surface area contributed by atoms with Gasteiger partial charge in [-0.05, 0) is 55.1 Å². The largest absolute Gasteiger partial charge is 0.493 e. The van der Waals surface area contributed by atoms with Gasteiger partial charge in [-0.2, -0.15) is 5.10 Å². The van der Waals surface area contributed by atoms with Gasteiger partial charge in [0, 0.05) is 5.56 Å². The fourth-order valence-electron chi connectivity index (χ4n) is 2.42. The van der Waals surface area contributed by atoms with E-state index in [1.165, 1.54) is 16.7 Å². The van der Waals surface area contributed by atoms with Crippen molar-refractivity contribution < 1.29 is 4.74 Å². The maximum Gasteiger partial charge on any atom is 0.122 e. The normalized spacial score (nSPS) is 14.1. The van der Waals surface area contributed by atoms with Gasteiger partial charge < -0.3 is 10.5 Å². The summed E-state index contributed by atoms with van der Waals surface area (Å²) >= 11 is 0. The van der Waals surface area contributed by atoms with E-state index in [0.29, 0.717) is 6.54 Å². The predicted molar refractivity (Wildman–Crippen MR) is 70.6 cm³/mol. The second-order valence-corrected chi connectivity index (χ2v) is 4.58. The zero-order chi connectivity index (χ0) is 12.4. The van der Waals surface area contributed by atoms with Crippen LogP contribution in [0.15, 0.2) is 24.4 Å². The number of aromatic amines is 1. The zero-order valence-corrected chi connectivity index (χ0v) is 10.3. The molecule has 0 radical (unpaired) electrons. The first-order chi connectivity index (χ1) is 8.88. The number of benzene rings is 1. The molecule has 1 aromatic carbocycles. The Bertz CT molecular complexity index is 548. The Morgan fingerprint density at radius 3 is 3.22 bits per heavy atom. The van der Waals surface area contributed by atoms with E-state index in [9.17, 15) is 0 Å². The highest BCUT2D eigenvalue weighted by atomic mass is 16.5. The average molecular weight is 243 g/mol. The van der Waals surface area contributed by atoms with Gasteiger partial charge in [-0.15, -0.1) is 0 Å². The van der Waals surface area contributed by atoms with Gasteiger partial charge in [0.2, 0.25) is 0 Å². The predicted octanol–water partition coefficient (Wildman–Crippen LogP) is 1.90. The lowest BCUT2D eigenvalue weighted by Crippen LogP contribution is -2.08. The van der Waals surface area contributed by atoms with Crippen molar-refractivity contribution >= 4 is 0 Å². The molecule has 3 rings (SSSR count). The van der Waals surface area contributed by atoms with Crippen LogP contribution in [0.5, 0.6) is 5.75 Å². The molecule has 0 saturated carbocycles. The number of hydrogen-bond donors (Lipinski definition) is 2. The van der Waals surface area contributed by atoms with Gasteiger partial charge in [-0.25, -0.2) is 0 Å². The summed E-state index contributed by atoms with van der Waals surface area (Å²) in [5.41, 5.74) is 10.3. The van der Waals surface area contributed by atoms with Crippen LogP contribution in [0.2, 0.25) is 0 Å². The number of H-pyrrole nitrogens is 1. The molecule has 2 heterocycles. The minimum atomic E-state index is 0.639. The maximum atomic E-state index is 5.63. The molecule has 1 aliphatic heterocycles. The van der Waals surface area contributed by atoms with Crippen molar-refractivity contribution in [3.63, 3.8) is 0 Å². The van der Waals surface area contributed by atoms with E-state index in [1.807, 2.05) is 6.20 Å². The highest BCUT2D eigenvalue weighted by molar-refractivity contribution is 5.65. The van der Waals surface area contributed by atoms with E-state index in [4.69, 9.17) is 10.5 Å². The summed E-state index contributed by atoms with van der Waals surface area (Å²) in [6.07, 6.45) is 4.89. The van der Waals surface area contributed by atoms with Crippen molar-refractivity contribution in [2.75, 3.05) is 13.2 Å². The summed E-state index contributed by atoms with van der Waals surface area (Å²) in [4.78, 5) is 0. The van der Waals surface area contributed by atoms with Crippen molar-refractivity contribution in [1.29, 1.82) is 0 Å². The first kappa shape index (κ1) is 11.3. The highest BCUT2D eigenvalue weighted by Crippen LogP contribution is 2.30. The Labute approximate surface area is 106 Å². The summed E-state index contributed by atoms with van der Waals surface area (Å²) in [5, 5.41) is 7.18. The maximum absolute atomic E-state index is 5.63. The van der Waals surface area contributed by atoms with E-state index in [2.05, 4.69) is 28.4 Å². The molecule has 18 heavy (non-hydrogen) atoms. The second-order valence-electron chi connectivity index (χ2n) is 4.58. The van der Waals surface area contributed by atoms with Crippen molar-refractivity contribution in [1.82, 2.24) is 10.2 Å². The minimum Gasteiger partial charge on any atom is -0.493 e. The summed E-state index contributed by atoms with van der Waals surface area (Å²) in [7, 11) is 0. The monoisotopic (exact) mass is 243 g/mol. The summed E-state index contributed by atoms with van der Waals surface area (Å²) < 4.78 is 5.63. The molecule has 0 fully saturated rings. The Balaban J connectivity index is 1.98. The number of nitrogens with one attached hydrogen (secondary N) is 1. The molecule has 94 valence electrons. The van der Waals surface area contributed by atoms with Crippen LogP contribution in [0.25, 0.3) is 11.3 Å². The number of aromatic nitrogens is 2. The number of rotatable bonds is 3. The average Bonchev–Trinajstić information content (AvgIpc) is 2.87. The van der Waals surface area contributed by atoms with Gasteiger partial charge in [0.05, 0.1) is 18.5 Å². The number of nitrogens with zero attached hydrogens (tertiary/aromatic N) is 1. The standard InChI is InChI=1S/C14H17N3O/c15-6-5-12-9-16-17-14(12)11-3-4-13-10(8-11)2-1-7-18-13/h3-4,8-9H,1-2,5-7,15H2,(H,16,17). The Kier molecular flexibility index (Phi) is 3.02. The van der Waals surface area contributed by atoms with Crippen LogP contribution in [0.4, 0.5) is 0 Å². The van der Waals surface area contributed by atoms with Crippen molar-refractivity contribution in [3.05, 3.63) is 35.5 Å². The van der Waals surface area contributed by atoms with Gasteiger partial charge in [-0.1, -0.05) is 0 Å². The molecule has 1 aliphatic rings. The molecule has 4 nitrogen and oxygen atoms in total. The molecule has 2 aromatic rings. The number of fused-ring (bicyclic) bond motifs is 1. The molecule has 0 amide bonds. The van der Waals surface area contributed by atoms with Gasteiger partial charge in [0.25, 0.3) is 0 Å². The van der Waals surface area contributed by atoms with Gasteiger partial charge in [0.15, 0.2) is 0 Å². The fraction of sp³-hybridized carbons (Fsp3) is 0.357. The molecule has 1 aromatic heterocycles. The van der Waals surface area contributed by atoms with E-state index >= 15 is 0 Å². The van der Waals surface area contributed by atoms with Crippen molar-refractivity contribution in [2.24, 2.45) is 5.73 Å². The van der Waals surface area contributed by atoms with E-state index < -0.39 is 0 Å². The molecule has 0 unspecified atom stereocenters. The van der Waals surface area contributed by atoms with Crippen LogP contribution < -0.4 is 10.5 Å². The molecular formula is C14H17N3O. The molecule has 0 bridgehead atoms. The number of aryl methyl sites for hydroxylation is 1. The summed E-state index contributed by atoms with van der Waals surface area (Å²) in [6.45, 7) is 1.47. The third-order valence-corrected chi connectivity index (χ3v) is 3.33. The molecule has 4 heteroatoms. The van der Waals surface area contributed by atoms with Crippen molar-refractivity contribution in [2.45, 2.75) is 19.3 Å².